The summed E-state index contributed by atoms with van der Waals surface area (Å²) in [5, 5.41) is 13.8. The van der Waals surface area contributed by atoms with Crippen molar-refractivity contribution in [1.82, 2.24) is 0 Å². The molecule has 20 heavy (non-hydrogen) atoms. The molecule has 2 saturated heterocycles. The van der Waals surface area contributed by atoms with E-state index in [-0.39, 0.29) is 6.10 Å². The Morgan fingerprint density at radius 3 is 2.95 bits per heavy atom. The summed E-state index contributed by atoms with van der Waals surface area (Å²) in [6, 6.07) is 8.87. The van der Waals surface area contributed by atoms with E-state index in [9.17, 15) is 5.11 Å². The van der Waals surface area contributed by atoms with Crippen LogP contribution in [-0.4, -0.2) is 42.4 Å². The Balaban J connectivity index is 1.70. The normalized spacial score (nSPS) is 35.5. The first-order valence-corrected chi connectivity index (χ1v) is 6.44. The van der Waals surface area contributed by atoms with E-state index < -0.39 is 24.5 Å². The Kier molecular flexibility index (Phi) is 3.86. The summed E-state index contributed by atoms with van der Waals surface area (Å²) in [7, 11) is 0. The molecule has 1 N–H and O–H groups in total. The third-order valence-corrected chi connectivity index (χ3v) is 3.54. The molecule has 2 bridgehead atoms. The first-order valence-electron chi connectivity index (χ1n) is 6.44. The lowest BCUT2D eigenvalue weighted by Crippen LogP contribution is -2.53. The van der Waals surface area contributed by atoms with Gasteiger partial charge >= 0.3 is 0 Å². The predicted octanol–water partition coefficient (Wildman–Crippen LogP) is 1.37. The van der Waals surface area contributed by atoms with E-state index in [1.165, 1.54) is 0 Å². The number of aliphatic hydroxyl groups excluding tert-OH is 1. The van der Waals surface area contributed by atoms with Gasteiger partial charge in [-0.3, -0.25) is 0 Å². The summed E-state index contributed by atoms with van der Waals surface area (Å²) in [4.78, 5) is 2.73. The van der Waals surface area contributed by atoms with E-state index in [0.717, 1.165) is 5.56 Å². The average molecular weight is 277 g/mol. The standard InChI is InChI=1S/C13H15N3O4/c14-16-15-10-11(17)12(9-7-19-13(10)20-9)18-6-8-4-2-1-3-5-8/h1-5,9-13,17H,6-7H2/t9-,10-,11-,12-,13+/m1/s1. The zero-order chi connectivity index (χ0) is 13.9. The summed E-state index contributed by atoms with van der Waals surface area (Å²) in [5.41, 5.74) is 9.55. The molecule has 0 saturated carbocycles. The van der Waals surface area contributed by atoms with Crippen molar-refractivity contribution in [2.24, 2.45) is 5.11 Å². The fraction of sp³-hybridized carbons (Fsp3) is 0.538. The number of hydrogen-bond donors (Lipinski definition) is 1. The predicted molar refractivity (Wildman–Crippen MR) is 68.6 cm³/mol. The van der Waals surface area contributed by atoms with Gasteiger partial charge in [-0.15, -0.1) is 0 Å². The number of hydrogen-bond acceptors (Lipinski definition) is 5. The summed E-state index contributed by atoms with van der Waals surface area (Å²) in [6.07, 6.45) is -2.50. The van der Waals surface area contributed by atoms with Crippen LogP contribution in [0.2, 0.25) is 0 Å². The molecule has 2 fully saturated rings. The van der Waals surface area contributed by atoms with Crippen molar-refractivity contribution in [2.45, 2.75) is 37.3 Å². The van der Waals surface area contributed by atoms with Crippen molar-refractivity contribution in [3.63, 3.8) is 0 Å². The van der Waals surface area contributed by atoms with Gasteiger partial charge in [0, 0.05) is 4.91 Å². The van der Waals surface area contributed by atoms with E-state index in [0.29, 0.717) is 13.2 Å². The Morgan fingerprint density at radius 2 is 2.20 bits per heavy atom. The number of rotatable bonds is 4. The van der Waals surface area contributed by atoms with Crippen molar-refractivity contribution in [3.05, 3.63) is 46.3 Å². The molecule has 0 amide bonds. The molecule has 3 rings (SSSR count). The minimum Gasteiger partial charge on any atom is -0.390 e. The van der Waals surface area contributed by atoms with Crippen molar-refractivity contribution in [2.75, 3.05) is 6.61 Å². The number of azide groups is 1. The van der Waals surface area contributed by atoms with Gasteiger partial charge in [-0.2, -0.15) is 0 Å². The summed E-state index contributed by atoms with van der Waals surface area (Å²) >= 11 is 0. The lowest BCUT2D eigenvalue weighted by molar-refractivity contribution is -0.195. The number of fused-ring (bicyclic) bond motifs is 2. The zero-order valence-electron chi connectivity index (χ0n) is 10.7. The van der Waals surface area contributed by atoms with Crippen LogP contribution in [0.3, 0.4) is 0 Å². The van der Waals surface area contributed by atoms with E-state index in [2.05, 4.69) is 10.0 Å². The van der Waals surface area contributed by atoms with Crippen molar-refractivity contribution >= 4 is 0 Å². The SMILES string of the molecule is [N-]=[N+]=N[C@H]1[C@H]2OC[C@@H](O2)[C@@H](OCc2ccccc2)[C@@H]1O. The topological polar surface area (TPSA) is 96.7 Å². The van der Waals surface area contributed by atoms with Crippen LogP contribution in [0, 0.1) is 0 Å². The van der Waals surface area contributed by atoms with Gasteiger partial charge < -0.3 is 19.3 Å². The lowest BCUT2D eigenvalue weighted by atomic mass is 9.99. The van der Waals surface area contributed by atoms with Crippen LogP contribution < -0.4 is 0 Å². The first-order chi connectivity index (χ1) is 9.79. The van der Waals surface area contributed by atoms with Crippen LogP contribution in [0.15, 0.2) is 35.4 Å². The molecule has 0 aliphatic carbocycles. The molecule has 0 radical (unpaired) electrons. The zero-order valence-corrected chi connectivity index (χ0v) is 10.7. The van der Waals surface area contributed by atoms with Crippen LogP contribution in [0.1, 0.15) is 5.56 Å². The molecular formula is C13H15N3O4. The second-order valence-corrected chi connectivity index (χ2v) is 4.82. The highest BCUT2D eigenvalue weighted by Gasteiger charge is 2.50. The average Bonchev–Trinajstić information content (AvgIpc) is 2.90. The molecule has 7 heteroatoms. The van der Waals surface area contributed by atoms with Crippen molar-refractivity contribution in [3.8, 4) is 0 Å². The van der Waals surface area contributed by atoms with E-state index in [4.69, 9.17) is 19.7 Å². The number of ether oxygens (including phenoxy) is 3. The van der Waals surface area contributed by atoms with E-state index in [1.54, 1.807) is 0 Å². The van der Waals surface area contributed by atoms with Crippen LogP contribution in [0.5, 0.6) is 0 Å². The third-order valence-electron chi connectivity index (χ3n) is 3.54. The Bertz CT molecular complexity index is 506. The highest BCUT2D eigenvalue weighted by Crippen LogP contribution is 2.32. The number of aliphatic hydroxyl groups is 1. The lowest BCUT2D eigenvalue weighted by Gasteiger charge is -2.35. The first kappa shape index (κ1) is 13.4. The van der Waals surface area contributed by atoms with Crippen molar-refractivity contribution < 1.29 is 19.3 Å². The molecule has 2 heterocycles. The number of benzene rings is 1. The summed E-state index contributed by atoms with van der Waals surface area (Å²) < 4.78 is 16.7. The van der Waals surface area contributed by atoms with Crippen LogP contribution >= 0.6 is 0 Å². The minimum absolute atomic E-state index is 0.330. The Labute approximate surface area is 115 Å². The minimum atomic E-state index is -0.930. The van der Waals surface area contributed by atoms with Crippen LogP contribution in [-0.2, 0) is 20.8 Å². The Hall–Kier alpha value is -1.63. The van der Waals surface area contributed by atoms with Gasteiger partial charge in [0.1, 0.15) is 18.2 Å². The quantitative estimate of drug-likeness (QED) is 0.510. The van der Waals surface area contributed by atoms with Crippen molar-refractivity contribution in [1.29, 1.82) is 0 Å². The molecule has 106 valence electrons. The van der Waals surface area contributed by atoms with E-state index in [1.807, 2.05) is 30.3 Å². The van der Waals surface area contributed by atoms with Crippen LogP contribution in [0.25, 0.3) is 10.4 Å². The maximum Gasteiger partial charge on any atom is 0.169 e. The second-order valence-electron chi connectivity index (χ2n) is 4.82. The van der Waals surface area contributed by atoms with Gasteiger partial charge in [0.25, 0.3) is 0 Å². The second kappa shape index (κ2) is 5.78. The molecule has 7 nitrogen and oxygen atoms in total. The van der Waals surface area contributed by atoms with Crippen LogP contribution in [0.4, 0.5) is 0 Å². The highest BCUT2D eigenvalue weighted by molar-refractivity contribution is 5.13. The van der Waals surface area contributed by atoms with E-state index >= 15 is 0 Å². The molecule has 0 unspecified atom stereocenters. The maximum absolute atomic E-state index is 10.3. The van der Waals surface area contributed by atoms with Gasteiger partial charge in [-0.1, -0.05) is 35.4 Å². The largest absolute Gasteiger partial charge is 0.390 e. The molecule has 2 aliphatic rings. The molecule has 2 aliphatic heterocycles. The molecule has 0 spiro atoms. The van der Waals surface area contributed by atoms with Gasteiger partial charge in [0.2, 0.25) is 0 Å². The molecule has 5 atom stereocenters. The highest BCUT2D eigenvalue weighted by atomic mass is 16.7. The van der Waals surface area contributed by atoms with Gasteiger partial charge in [-0.25, -0.2) is 0 Å². The van der Waals surface area contributed by atoms with Gasteiger partial charge in [0.15, 0.2) is 6.29 Å². The summed E-state index contributed by atoms with van der Waals surface area (Å²) in [5.74, 6) is 0. The fourth-order valence-electron chi connectivity index (χ4n) is 2.52. The fourth-order valence-corrected chi connectivity index (χ4v) is 2.52. The molecular weight excluding hydrogens is 262 g/mol. The summed E-state index contributed by atoms with van der Waals surface area (Å²) in [6.45, 7) is 0.689. The third kappa shape index (κ3) is 2.49. The smallest absolute Gasteiger partial charge is 0.169 e. The molecule has 1 aromatic carbocycles. The maximum atomic E-state index is 10.3. The van der Waals surface area contributed by atoms with Gasteiger partial charge in [0.05, 0.1) is 19.3 Å². The molecule has 0 aromatic heterocycles. The Morgan fingerprint density at radius 1 is 1.40 bits per heavy atom. The monoisotopic (exact) mass is 277 g/mol. The number of nitrogens with zero attached hydrogens (tertiary/aromatic N) is 3. The molecule has 1 aromatic rings. The van der Waals surface area contributed by atoms with Gasteiger partial charge in [-0.05, 0) is 11.1 Å².